The molecular weight excluding hydrogens is 212 g/mol. The molecule has 0 spiro atoms. The van der Waals surface area contributed by atoms with Crippen LogP contribution in [0.5, 0.6) is 0 Å². The summed E-state index contributed by atoms with van der Waals surface area (Å²) >= 11 is 0. The van der Waals surface area contributed by atoms with Crippen LogP contribution in [0.15, 0.2) is 0 Å². The number of carbonyl (C=O) groups excluding carboxylic acids is 1. The van der Waals surface area contributed by atoms with Crippen LogP contribution >= 0.6 is 0 Å². The Morgan fingerprint density at radius 1 is 1.41 bits per heavy atom. The minimum Gasteiger partial charge on any atom is -0.342 e. The van der Waals surface area contributed by atoms with Crippen molar-refractivity contribution < 1.29 is 4.79 Å². The van der Waals surface area contributed by atoms with Crippen molar-refractivity contribution in [2.75, 3.05) is 19.6 Å². The van der Waals surface area contributed by atoms with E-state index in [1.807, 2.05) is 0 Å². The van der Waals surface area contributed by atoms with E-state index in [9.17, 15) is 4.79 Å². The standard InChI is InChI=1S/C14H28N2O/c1-6-14(4,5)13(17)16-9-8-12(15-7-2)11(3)10-16/h11-12,15H,6-10H2,1-5H3. The summed E-state index contributed by atoms with van der Waals surface area (Å²) in [5.41, 5.74) is -0.204. The van der Waals surface area contributed by atoms with Gasteiger partial charge in [0, 0.05) is 24.5 Å². The molecule has 2 atom stereocenters. The number of likely N-dealkylation sites (tertiary alicyclic amines) is 1. The first-order valence-corrected chi connectivity index (χ1v) is 6.95. The van der Waals surface area contributed by atoms with Gasteiger partial charge in [-0.1, -0.05) is 34.6 Å². The molecule has 1 heterocycles. The van der Waals surface area contributed by atoms with Crippen molar-refractivity contribution in [2.24, 2.45) is 11.3 Å². The number of nitrogens with one attached hydrogen (secondary N) is 1. The first-order valence-electron chi connectivity index (χ1n) is 6.95. The average Bonchev–Trinajstić information content (AvgIpc) is 2.31. The van der Waals surface area contributed by atoms with E-state index in [1.54, 1.807) is 0 Å². The number of hydrogen-bond donors (Lipinski definition) is 1. The molecule has 0 aromatic heterocycles. The summed E-state index contributed by atoms with van der Waals surface area (Å²) in [5.74, 6) is 0.877. The van der Waals surface area contributed by atoms with Gasteiger partial charge in [-0.25, -0.2) is 0 Å². The minimum absolute atomic E-state index is 0.204. The number of rotatable bonds is 4. The maximum absolute atomic E-state index is 12.4. The van der Waals surface area contributed by atoms with E-state index >= 15 is 0 Å². The van der Waals surface area contributed by atoms with Crippen molar-refractivity contribution in [3.63, 3.8) is 0 Å². The molecule has 0 saturated carbocycles. The molecule has 17 heavy (non-hydrogen) atoms. The topological polar surface area (TPSA) is 32.3 Å². The smallest absolute Gasteiger partial charge is 0.228 e. The van der Waals surface area contributed by atoms with Gasteiger partial charge in [-0.2, -0.15) is 0 Å². The van der Waals surface area contributed by atoms with Crippen molar-refractivity contribution in [3.05, 3.63) is 0 Å². The normalized spacial score (nSPS) is 26.1. The zero-order chi connectivity index (χ0) is 13.1. The van der Waals surface area contributed by atoms with Crippen LogP contribution in [0.4, 0.5) is 0 Å². The fourth-order valence-corrected chi connectivity index (χ4v) is 2.47. The highest BCUT2D eigenvalue weighted by atomic mass is 16.2. The zero-order valence-corrected chi connectivity index (χ0v) is 12.0. The first kappa shape index (κ1) is 14.5. The van der Waals surface area contributed by atoms with Crippen molar-refractivity contribution in [2.45, 2.75) is 53.5 Å². The van der Waals surface area contributed by atoms with Gasteiger partial charge in [0.05, 0.1) is 0 Å². The Bertz CT molecular complexity index is 263. The van der Waals surface area contributed by atoms with E-state index in [-0.39, 0.29) is 5.41 Å². The molecule has 3 heteroatoms. The number of piperidine rings is 1. The van der Waals surface area contributed by atoms with Crippen LogP contribution in [0.3, 0.4) is 0 Å². The van der Waals surface area contributed by atoms with Crippen molar-refractivity contribution in [1.82, 2.24) is 10.2 Å². The van der Waals surface area contributed by atoms with E-state index in [0.29, 0.717) is 17.9 Å². The molecule has 0 aliphatic carbocycles. The number of carbonyl (C=O) groups is 1. The highest BCUT2D eigenvalue weighted by molar-refractivity contribution is 5.82. The Balaban J connectivity index is 2.58. The molecule has 0 aromatic rings. The van der Waals surface area contributed by atoms with Crippen molar-refractivity contribution >= 4 is 5.91 Å². The Kier molecular flexibility index (Phi) is 4.99. The summed E-state index contributed by atoms with van der Waals surface area (Å²) in [6, 6.07) is 0.578. The van der Waals surface area contributed by atoms with E-state index < -0.39 is 0 Å². The van der Waals surface area contributed by atoms with Crippen LogP contribution in [0.2, 0.25) is 0 Å². The lowest BCUT2D eigenvalue weighted by Crippen LogP contribution is -2.52. The van der Waals surface area contributed by atoms with Gasteiger partial charge in [0.25, 0.3) is 0 Å². The summed E-state index contributed by atoms with van der Waals surface area (Å²) in [6.07, 6.45) is 1.99. The second kappa shape index (κ2) is 5.85. The van der Waals surface area contributed by atoms with E-state index in [2.05, 4.69) is 44.8 Å². The maximum Gasteiger partial charge on any atom is 0.228 e. The molecule has 0 aromatic carbocycles. The van der Waals surface area contributed by atoms with Crippen LogP contribution < -0.4 is 5.32 Å². The third kappa shape index (κ3) is 3.44. The molecule has 0 bridgehead atoms. The molecule has 100 valence electrons. The fourth-order valence-electron chi connectivity index (χ4n) is 2.47. The molecule has 1 N–H and O–H groups in total. The monoisotopic (exact) mass is 240 g/mol. The lowest BCUT2D eigenvalue weighted by Gasteiger charge is -2.40. The minimum atomic E-state index is -0.204. The van der Waals surface area contributed by atoms with Gasteiger partial charge in [-0.15, -0.1) is 0 Å². The summed E-state index contributed by atoms with van der Waals surface area (Å²) in [5, 5.41) is 3.51. The molecule has 1 aliphatic rings. The molecule has 1 amide bonds. The lowest BCUT2D eigenvalue weighted by atomic mass is 9.86. The molecular formula is C14H28N2O. The lowest BCUT2D eigenvalue weighted by molar-refractivity contribution is -0.142. The molecule has 3 nitrogen and oxygen atoms in total. The predicted molar refractivity (Wildman–Crippen MR) is 71.9 cm³/mol. The second-order valence-corrected chi connectivity index (χ2v) is 5.92. The SMILES string of the molecule is CCNC1CCN(C(=O)C(C)(C)CC)CC1C. The fraction of sp³-hybridized carbons (Fsp3) is 0.929. The average molecular weight is 240 g/mol. The zero-order valence-electron chi connectivity index (χ0n) is 12.0. The van der Waals surface area contributed by atoms with Gasteiger partial charge in [0.1, 0.15) is 0 Å². The summed E-state index contributed by atoms with van der Waals surface area (Å²) in [7, 11) is 0. The third-order valence-electron chi connectivity index (χ3n) is 4.12. The van der Waals surface area contributed by atoms with Crippen LogP contribution in [0.25, 0.3) is 0 Å². The number of amides is 1. The van der Waals surface area contributed by atoms with E-state index in [0.717, 1.165) is 32.5 Å². The van der Waals surface area contributed by atoms with E-state index in [1.165, 1.54) is 0 Å². The number of nitrogens with zero attached hydrogens (tertiary/aromatic N) is 1. The highest BCUT2D eigenvalue weighted by Crippen LogP contribution is 2.26. The molecule has 1 rings (SSSR count). The molecule has 0 radical (unpaired) electrons. The second-order valence-electron chi connectivity index (χ2n) is 5.92. The Labute approximate surface area is 106 Å². The maximum atomic E-state index is 12.4. The number of hydrogen-bond acceptors (Lipinski definition) is 2. The van der Waals surface area contributed by atoms with Crippen LogP contribution in [0, 0.1) is 11.3 Å². The van der Waals surface area contributed by atoms with Crippen molar-refractivity contribution in [3.8, 4) is 0 Å². The largest absolute Gasteiger partial charge is 0.342 e. The molecule has 1 aliphatic heterocycles. The molecule has 1 saturated heterocycles. The van der Waals surface area contributed by atoms with E-state index in [4.69, 9.17) is 0 Å². The van der Waals surface area contributed by atoms with Crippen molar-refractivity contribution in [1.29, 1.82) is 0 Å². The molecule has 2 unspecified atom stereocenters. The van der Waals surface area contributed by atoms with Gasteiger partial charge in [0.15, 0.2) is 0 Å². The summed E-state index contributed by atoms with van der Waals surface area (Å²) in [6.45, 7) is 13.4. The Morgan fingerprint density at radius 2 is 2.06 bits per heavy atom. The van der Waals surface area contributed by atoms with Gasteiger partial charge < -0.3 is 10.2 Å². The summed E-state index contributed by atoms with van der Waals surface area (Å²) < 4.78 is 0. The van der Waals surface area contributed by atoms with Gasteiger partial charge >= 0.3 is 0 Å². The van der Waals surface area contributed by atoms with Crippen LogP contribution in [-0.4, -0.2) is 36.5 Å². The quantitative estimate of drug-likeness (QED) is 0.817. The van der Waals surface area contributed by atoms with Gasteiger partial charge in [-0.05, 0) is 25.3 Å². The Morgan fingerprint density at radius 3 is 2.53 bits per heavy atom. The van der Waals surface area contributed by atoms with Crippen LogP contribution in [-0.2, 0) is 4.79 Å². The first-order chi connectivity index (χ1) is 7.92. The predicted octanol–water partition coefficient (Wildman–Crippen LogP) is 2.27. The van der Waals surface area contributed by atoms with Gasteiger partial charge in [0.2, 0.25) is 5.91 Å². The van der Waals surface area contributed by atoms with Crippen LogP contribution in [0.1, 0.15) is 47.5 Å². The van der Waals surface area contributed by atoms with Gasteiger partial charge in [-0.3, -0.25) is 4.79 Å². The Hall–Kier alpha value is -0.570. The highest BCUT2D eigenvalue weighted by Gasteiger charge is 2.34. The third-order valence-corrected chi connectivity index (χ3v) is 4.12. The molecule has 1 fully saturated rings. The summed E-state index contributed by atoms with van der Waals surface area (Å²) in [4.78, 5) is 14.4.